The van der Waals surface area contributed by atoms with Crippen molar-refractivity contribution in [1.29, 1.82) is 0 Å². The zero-order chi connectivity index (χ0) is 16.0. The predicted octanol–water partition coefficient (Wildman–Crippen LogP) is 1.69. The van der Waals surface area contributed by atoms with Gasteiger partial charge in [-0.05, 0) is 32.9 Å². The second-order valence-electron chi connectivity index (χ2n) is 4.48. The topological polar surface area (TPSA) is 81.9 Å². The lowest BCUT2D eigenvalue weighted by atomic mass is 10.1. The Hall–Kier alpha value is -2.24. The number of likely N-dealkylation sites (N-methyl/N-ethyl adjacent to an activating group) is 1. The Balaban J connectivity index is 3.00. The summed E-state index contributed by atoms with van der Waals surface area (Å²) < 4.78 is 10.3. The first-order valence-electron chi connectivity index (χ1n) is 6.88. The first kappa shape index (κ1) is 16.8. The molecule has 0 aliphatic carbocycles. The van der Waals surface area contributed by atoms with Crippen molar-refractivity contribution in [2.75, 3.05) is 25.9 Å². The first-order chi connectivity index (χ1) is 9.96. The molecule has 21 heavy (non-hydrogen) atoms. The number of methoxy groups -OCH3 is 1. The number of hydrogen-bond acceptors (Lipinski definition) is 5. The summed E-state index contributed by atoms with van der Waals surface area (Å²) in [4.78, 5) is 25.6. The normalized spacial score (nSPS) is 11.6. The third-order valence-electron chi connectivity index (χ3n) is 3.17. The molecule has 0 heterocycles. The molecule has 0 spiro atoms. The molecule has 1 amide bonds. The zero-order valence-electron chi connectivity index (χ0n) is 12.9. The summed E-state index contributed by atoms with van der Waals surface area (Å²) in [5, 5.41) is 0. The molecular weight excluding hydrogens is 272 g/mol. The fraction of sp³-hybridized carbons (Fsp3) is 0.467. The molecule has 0 saturated heterocycles. The van der Waals surface area contributed by atoms with Crippen LogP contribution in [0.4, 0.5) is 5.69 Å². The number of benzene rings is 1. The van der Waals surface area contributed by atoms with Gasteiger partial charge in [0.25, 0.3) is 5.91 Å². The van der Waals surface area contributed by atoms with Crippen LogP contribution < -0.4 is 10.5 Å². The Kier molecular flexibility index (Phi) is 6.02. The van der Waals surface area contributed by atoms with Crippen molar-refractivity contribution in [2.45, 2.75) is 26.9 Å². The number of esters is 1. The highest BCUT2D eigenvalue weighted by molar-refractivity contribution is 5.98. The summed E-state index contributed by atoms with van der Waals surface area (Å²) in [6.07, 6.45) is -0.713. The summed E-state index contributed by atoms with van der Waals surface area (Å²) in [6.45, 7) is 6.64. The fourth-order valence-corrected chi connectivity index (χ4v) is 2.00. The van der Waals surface area contributed by atoms with E-state index in [0.717, 1.165) is 0 Å². The van der Waals surface area contributed by atoms with E-state index < -0.39 is 12.1 Å². The molecule has 116 valence electrons. The quantitative estimate of drug-likeness (QED) is 0.638. The van der Waals surface area contributed by atoms with Crippen molar-refractivity contribution in [2.24, 2.45) is 0 Å². The van der Waals surface area contributed by atoms with E-state index in [1.165, 1.54) is 7.11 Å². The van der Waals surface area contributed by atoms with Gasteiger partial charge in [-0.15, -0.1) is 0 Å². The monoisotopic (exact) mass is 294 g/mol. The van der Waals surface area contributed by atoms with Crippen molar-refractivity contribution >= 4 is 17.6 Å². The molecule has 0 fully saturated rings. The second-order valence-corrected chi connectivity index (χ2v) is 4.48. The molecule has 0 radical (unpaired) electrons. The van der Waals surface area contributed by atoms with Gasteiger partial charge >= 0.3 is 5.97 Å². The maximum atomic E-state index is 12.2. The van der Waals surface area contributed by atoms with Gasteiger partial charge in [-0.25, -0.2) is 4.79 Å². The Morgan fingerprint density at radius 1 is 1.29 bits per heavy atom. The van der Waals surface area contributed by atoms with E-state index in [9.17, 15) is 9.59 Å². The van der Waals surface area contributed by atoms with Gasteiger partial charge in [-0.2, -0.15) is 0 Å². The van der Waals surface area contributed by atoms with Gasteiger partial charge in [0.05, 0.1) is 7.11 Å². The van der Waals surface area contributed by atoms with E-state index in [-0.39, 0.29) is 22.9 Å². The van der Waals surface area contributed by atoms with Crippen LogP contribution in [0.25, 0.3) is 0 Å². The summed E-state index contributed by atoms with van der Waals surface area (Å²) in [5.74, 6) is -0.487. The van der Waals surface area contributed by atoms with Crippen LogP contribution in [0.2, 0.25) is 0 Å². The van der Waals surface area contributed by atoms with Crippen LogP contribution in [-0.4, -0.2) is 43.1 Å². The first-order valence-corrected chi connectivity index (χ1v) is 6.88. The highest BCUT2D eigenvalue weighted by Gasteiger charge is 2.23. The molecule has 0 bridgehead atoms. The molecule has 6 heteroatoms. The van der Waals surface area contributed by atoms with Crippen LogP contribution in [0.5, 0.6) is 5.75 Å². The van der Waals surface area contributed by atoms with Gasteiger partial charge in [0.2, 0.25) is 0 Å². The van der Waals surface area contributed by atoms with Gasteiger partial charge in [-0.3, -0.25) is 4.79 Å². The highest BCUT2D eigenvalue weighted by Crippen LogP contribution is 2.26. The largest absolute Gasteiger partial charge is 0.480 e. The van der Waals surface area contributed by atoms with Gasteiger partial charge in [0.15, 0.2) is 6.10 Å². The van der Waals surface area contributed by atoms with Crippen molar-refractivity contribution in [1.82, 2.24) is 4.90 Å². The number of carbonyl (C=O) groups excluding carboxylic acids is 2. The summed E-state index contributed by atoms with van der Waals surface area (Å²) in [5.41, 5.74) is 6.18. The number of amides is 1. The molecule has 1 aromatic carbocycles. The number of anilines is 1. The SMILES string of the molecule is CCN(CC)C(=O)C(C)Oc1cccc(N)c1C(=O)OC. The predicted molar refractivity (Wildman–Crippen MR) is 80.2 cm³/mol. The molecule has 1 rings (SSSR count). The Morgan fingerprint density at radius 2 is 1.90 bits per heavy atom. The summed E-state index contributed by atoms with van der Waals surface area (Å²) in [6, 6.07) is 4.83. The molecule has 2 N–H and O–H groups in total. The van der Waals surface area contributed by atoms with E-state index in [1.807, 2.05) is 13.8 Å². The number of nitrogens with two attached hydrogens (primary N) is 1. The highest BCUT2D eigenvalue weighted by atomic mass is 16.5. The molecule has 1 atom stereocenters. The maximum Gasteiger partial charge on any atom is 0.343 e. The van der Waals surface area contributed by atoms with Crippen molar-refractivity contribution < 1.29 is 19.1 Å². The molecule has 0 saturated carbocycles. The van der Waals surface area contributed by atoms with Gasteiger partial charge in [0, 0.05) is 18.8 Å². The third kappa shape index (κ3) is 3.87. The smallest absolute Gasteiger partial charge is 0.343 e. The molecule has 0 aromatic heterocycles. The van der Waals surface area contributed by atoms with E-state index in [1.54, 1.807) is 30.0 Å². The summed E-state index contributed by atoms with van der Waals surface area (Å²) in [7, 11) is 1.27. The van der Waals surface area contributed by atoms with Crippen LogP contribution in [0.1, 0.15) is 31.1 Å². The number of ether oxygens (including phenoxy) is 2. The Bertz CT molecular complexity index is 512. The number of nitrogens with zero attached hydrogens (tertiary/aromatic N) is 1. The van der Waals surface area contributed by atoms with Crippen LogP contribution in [0.3, 0.4) is 0 Å². The molecular formula is C15H22N2O4. The molecule has 0 aliphatic rings. The van der Waals surface area contributed by atoms with Crippen LogP contribution >= 0.6 is 0 Å². The van der Waals surface area contributed by atoms with Crippen LogP contribution in [-0.2, 0) is 9.53 Å². The average Bonchev–Trinajstić information content (AvgIpc) is 2.47. The van der Waals surface area contributed by atoms with E-state index in [4.69, 9.17) is 15.2 Å². The van der Waals surface area contributed by atoms with Crippen molar-refractivity contribution in [3.05, 3.63) is 23.8 Å². The number of carbonyl (C=O) groups is 2. The molecule has 1 aromatic rings. The Morgan fingerprint density at radius 3 is 2.43 bits per heavy atom. The molecule has 0 aliphatic heterocycles. The molecule has 1 unspecified atom stereocenters. The Labute approximate surface area is 124 Å². The van der Waals surface area contributed by atoms with Crippen molar-refractivity contribution in [3.63, 3.8) is 0 Å². The average molecular weight is 294 g/mol. The van der Waals surface area contributed by atoms with Gasteiger partial charge in [-0.1, -0.05) is 6.07 Å². The second kappa shape index (κ2) is 7.52. The maximum absolute atomic E-state index is 12.2. The van der Waals surface area contributed by atoms with Crippen LogP contribution in [0.15, 0.2) is 18.2 Å². The lowest BCUT2D eigenvalue weighted by Crippen LogP contribution is -2.40. The fourth-order valence-electron chi connectivity index (χ4n) is 2.00. The number of rotatable bonds is 6. The van der Waals surface area contributed by atoms with Gasteiger partial charge in [0.1, 0.15) is 11.3 Å². The van der Waals surface area contributed by atoms with Crippen molar-refractivity contribution in [3.8, 4) is 5.75 Å². The third-order valence-corrected chi connectivity index (χ3v) is 3.17. The lowest BCUT2D eigenvalue weighted by Gasteiger charge is -2.24. The van der Waals surface area contributed by atoms with E-state index in [2.05, 4.69) is 0 Å². The number of hydrogen-bond donors (Lipinski definition) is 1. The van der Waals surface area contributed by atoms with Crippen LogP contribution in [0, 0.1) is 0 Å². The lowest BCUT2D eigenvalue weighted by molar-refractivity contribution is -0.137. The summed E-state index contributed by atoms with van der Waals surface area (Å²) >= 11 is 0. The molecule has 6 nitrogen and oxygen atoms in total. The van der Waals surface area contributed by atoms with Gasteiger partial charge < -0.3 is 20.1 Å². The zero-order valence-corrected chi connectivity index (χ0v) is 12.9. The number of nitrogen functional groups attached to an aromatic ring is 1. The van der Waals surface area contributed by atoms with E-state index in [0.29, 0.717) is 13.1 Å². The minimum atomic E-state index is -0.713. The standard InChI is InChI=1S/C15H22N2O4/c1-5-17(6-2)14(18)10(3)21-12-9-7-8-11(16)13(12)15(19)20-4/h7-10H,5-6,16H2,1-4H3. The minimum Gasteiger partial charge on any atom is -0.480 e. The minimum absolute atomic E-state index is 0.138. The van der Waals surface area contributed by atoms with E-state index >= 15 is 0 Å².